The molecule has 2 heterocycles. The second kappa shape index (κ2) is 6.29. The minimum atomic E-state index is 0.271. The zero-order valence-electron chi connectivity index (χ0n) is 12.7. The normalized spacial score (nSPS) is 16.1. The van der Waals surface area contributed by atoms with Crippen LogP contribution in [0.25, 0.3) is 10.9 Å². The number of hydrogen-bond acceptors (Lipinski definition) is 2. The highest BCUT2D eigenvalue weighted by Crippen LogP contribution is 2.18. The van der Waals surface area contributed by atoms with Crippen LogP contribution in [0.2, 0.25) is 0 Å². The summed E-state index contributed by atoms with van der Waals surface area (Å²) in [5.74, 6) is 0.271. The quantitative estimate of drug-likeness (QED) is 0.869. The van der Waals surface area contributed by atoms with E-state index in [9.17, 15) is 4.79 Å². The van der Waals surface area contributed by atoms with Crippen molar-refractivity contribution >= 4 is 16.8 Å². The summed E-state index contributed by atoms with van der Waals surface area (Å²) in [5.41, 5.74) is 2.36. The number of likely N-dealkylation sites (tertiary alicyclic amines) is 1. The van der Waals surface area contributed by atoms with Gasteiger partial charge >= 0.3 is 0 Å². The van der Waals surface area contributed by atoms with Crippen molar-refractivity contribution in [2.45, 2.75) is 45.6 Å². The Morgan fingerprint density at radius 3 is 2.71 bits per heavy atom. The van der Waals surface area contributed by atoms with Gasteiger partial charge in [-0.2, -0.15) is 5.10 Å². The summed E-state index contributed by atoms with van der Waals surface area (Å²) >= 11 is 0. The number of carbonyl (C=O) groups is 1. The lowest BCUT2D eigenvalue weighted by atomic mass is 10.1. The predicted octanol–water partition coefficient (Wildman–Crippen LogP) is 3.14. The van der Waals surface area contributed by atoms with Crippen molar-refractivity contribution in [3.8, 4) is 0 Å². The maximum absolute atomic E-state index is 12.3. The number of aryl methyl sites for hydroxylation is 2. The highest BCUT2D eigenvalue weighted by molar-refractivity contribution is 5.82. The van der Waals surface area contributed by atoms with Gasteiger partial charge in [0, 0.05) is 24.9 Å². The highest BCUT2D eigenvalue weighted by Gasteiger charge is 2.15. The first-order valence-electron chi connectivity index (χ1n) is 7.94. The van der Waals surface area contributed by atoms with Gasteiger partial charge in [-0.25, -0.2) is 0 Å². The van der Waals surface area contributed by atoms with E-state index in [1.54, 1.807) is 0 Å². The van der Waals surface area contributed by atoms with Gasteiger partial charge in [-0.3, -0.25) is 9.48 Å². The fraction of sp³-hybridized carbons (Fsp3) is 0.529. The number of amides is 1. The molecular weight excluding hydrogens is 262 g/mol. The first-order valence-corrected chi connectivity index (χ1v) is 7.94. The summed E-state index contributed by atoms with van der Waals surface area (Å²) in [6.07, 6.45) is 7.26. The zero-order valence-corrected chi connectivity index (χ0v) is 12.7. The van der Waals surface area contributed by atoms with E-state index in [0.717, 1.165) is 31.4 Å². The van der Waals surface area contributed by atoms with Crippen molar-refractivity contribution in [1.82, 2.24) is 14.7 Å². The third-order valence-corrected chi connectivity index (χ3v) is 4.40. The van der Waals surface area contributed by atoms with Crippen LogP contribution in [0.4, 0.5) is 0 Å². The average Bonchev–Trinajstić information content (AvgIpc) is 2.72. The maximum Gasteiger partial charge on any atom is 0.224 e. The Balaban J connectivity index is 1.66. The van der Waals surface area contributed by atoms with Gasteiger partial charge in [0.1, 0.15) is 0 Å². The molecule has 112 valence electrons. The second-order valence-corrected chi connectivity index (χ2v) is 5.92. The molecule has 4 heteroatoms. The minimum Gasteiger partial charge on any atom is -0.343 e. The first kappa shape index (κ1) is 14.1. The van der Waals surface area contributed by atoms with Crippen LogP contribution in [0.15, 0.2) is 24.4 Å². The van der Waals surface area contributed by atoms with E-state index < -0.39 is 0 Å². The van der Waals surface area contributed by atoms with Crippen LogP contribution in [-0.2, 0) is 11.3 Å². The number of nitrogens with zero attached hydrogens (tertiary/aromatic N) is 3. The lowest BCUT2D eigenvalue weighted by molar-refractivity contribution is -0.131. The first-order chi connectivity index (χ1) is 10.3. The third-order valence-electron chi connectivity index (χ3n) is 4.40. The number of fused-ring (bicyclic) bond motifs is 1. The Morgan fingerprint density at radius 1 is 1.19 bits per heavy atom. The molecular formula is C17H23N3O. The fourth-order valence-corrected chi connectivity index (χ4v) is 3.11. The molecule has 1 aliphatic heterocycles. The molecule has 0 aliphatic carbocycles. The summed E-state index contributed by atoms with van der Waals surface area (Å²) < 4.78 is 1.96. The molecule has 1 amide bonds. The Hall–Kier alpha value is -1.84. The molecule has 0 saturated carbocycles. The summed E-state index contributed by atoms with van der Waals surface area (Å²) in [5, 5.41) is 5.62. The van der Waals surface area contributed by atoms with Crippen LogP contribution in [0.3, 0.4) is 0 Å². The summed E-state index contributed by atoms with van der Waals surface area (Å²) in [4.78, 5) is 14.4. The van der Waals surface area contributed by atoms with Gasteiger partial charge in [0.15, 0.2) is 0 Å². The molecule has 3 rings (SSSR count). The largest absolute Gasteiger partial charge is 0.343 e. The van der Waals surface area contributed by atoms with Crippen molar-refractivity contribution in [1.29, 1.82) is 0 Å². The number of rotatable bonds is 3. The Labute approximate surface area is 125 Å². The van der Waals surface area contributed by atoms with Gasteiger partial charge in [0.2, 0.25) is 5.91 Å². The van der Waals surface area contributed by atoms with E-state index in [4.69, 9.17) is 0 Å². The van der Waals surface area contributed by atoms with E-state index in [2.05, 4.69) is 24.2 Å². The monoisotopic (exact) mass is 285 g/mol. The molecule has 4 nitrogen and oxygen atoms in total. The van der Waals surface area contributed by atoms with E-state index >= 15 is 0 Å². The third kappa shape index (κ3) is 3.09. The molecule has 0 N–H and O–H groups in total. The van der Waals surface area contributed by atoms with Gasteiger partial charge in [0.25, 0.3) is 0 Å². The fourth-order valence-electron chi connectivity index (χ4n) is 3.11. The molecule has 1 saturated heterocycles. The summed E-state index contributed by atoms with van der Waals surface area (Å²) in [6, 6.07) is 6.22. The molecule has 21 heavy (non-hydrogen) atoms. The Bertz CT molecular complexity index is 624. The predicted molar refractivity (Wildman–Crippen MR) is 84.1 cm³/mol. The van der Waals surface area contributed by atoms with E-state index in [0.29, 0.717) is 13.0 Å². The summed E-state index contributed by atoms with van der Waals surface area (Å²) in [7, 11) is 0. The molecule has 0 unspecified atom stereocenters. The molecule has 1 aliphatic rings. The Morgan fingerprint density at radius 2 is 1.95 bits per heavy atom. The lowest BCUT2D eigenvalue weighted by Crippen LogP contribution is -2.32. The topological polar surface area (TPSA) is 38.1 Å². The van der Waals surface area contributed by atoms with Crippen LogP contribution in [0.5, 0.6) is 0 Å². The van der Waals surface area contributed by atoms with Crippen LogP contribution in [0.1, 0.15) is 37.7 Å². The molecule has 0 spiro atoms. The van der Waals surface area contributed by atoms with Gasteiger partial charge < -0.3 is 4.90 Å². The molecule has 1 aromatic heterocycles. The molecule has 0 bridgehead atoms. The van der Waals surface area contributed by atoms with Crippen molar-refractivity contribution in [2.75, 3.05) is 13.1 Å². The number of hydrogen-bond donors (Lipinski definition) is 0. The van der Waals surface area contributed by atoms with Gasteiger partial charge in [-0.1, -0.05) is 25.0 Å². The van der Waals surface area contributed by atoms with Gasteiger partial charge in [-0.05, 0) is 31.4 Å². The number of aromatic nitrogens is 2. The van der Waals surface area contributed by atoms with Crippen molar-refractivity contribution in [3.05, 3.63) is 30.0 Å². The Kier molecular flexibility index (Phi) is 4.23. The standard InChI is InChI=1S/C17H23N3O/c1-14-7-6-8-16-15(14)13-18-20(16)12-9-17(21)19-10-4-2-3-5-11-19/h6-8,13H,2-5,9-12H2,1H3. The van der Waals surface area contributed by atoms with Crippen molar-refractivity contribution in [3.63, 3.8) is 0 Å². The summed E-state index contributed by atoms with van der Waals surface area (Å²) in [6.45, 7) is 4.62. The number of carbonyl (C=O) groups excluding carboxylic acids is 1. The van der Waals surface area contributed by atoms with Gasteiger partial charge in [-0.15, -0.1) is 0 Å². The minimum absolute atomic E-state index is 0.271. The average molecular weight is 285 g/mol. The smallest absolute Gasteiger partial charge is 0.224 e. The second-order valence-electron chi connectivity index (χ2n) is 5.92. The lowest BCUT2D eigenvalue weighted by Gasteiger charge is -2.20. The highest BCUT2D eigenvalue weighted by atomic mass is 16.2. The van der Waals surface area contributed by atoms with Gasteiger partial charge in [0.05, 0.1) is 18.3 Å². The maximum atomic E-state index is 12.3. The van der Waals surface area contributed by atoms with Crippen molar-refractivity contribution < 1.29 is 4.79 Å². The van der Waals surface area contributed by atoms with Crippen molar-refractivity contribution in [2.24, 2.45) is 0 Å². The molecule has 0 atom stereocenters. The molecule has 1 fully saturated rings. The molecule has 1 aromatic carbocycles. The zero-order chi connectivity index (χ0) is 14.7. The van der Waals surface area contributed by atoms with E-state index in [1.807, 2.05) is 21.8 Å². The number of benzene rings is 1. The van der Waals surface area contributed by atoms with Crippen LogP contribution in [0, 0.1) is 6.92 Å². The molecule has 0 radical (unpaired) electrons. The van der Waals surface area contributed by atoms with Crippen LogP contribution >= 0.6 is 0 Å². The van der Waals surface area contributed by atoms with E-state index in [-0.39, 0.29) is 5.91 Å². The SMILES string of the molecule is Cc1cccc2c1cnn2CCC(=O)N1CCCCCC1. The van der Waals surface area contributed by atoms with Crippen LogP contribution in [-0.4, -0.2) is 33.7 Å². The molecule has 2 aromatic rings. The van der Waals surface area contributed by atoms with E-state index in [1.165, 1.54) is 23.8 Å². The van der Waals surface area contributed by atoms with Crippen LogP contribution < -0.4 is 0 Å².